The number of aryl methyl sites for hydroxylation is 2. The van der Waals surface area contributed by atoms with Crippen molar-refractivity contribution in [3.05, 3.63) is 36.3 Å². The summed E-state index contributed by atoms with van der Waals surface area (Å²) in [6.45, 7) is 4.10. The summed E-state index contributed by atoms with van der Waals surface area (Å²) in [5.74, 6) is 0.922. The molecule has 2 heterocycles. The van der Waals surface area contributed by atoms with Gasteiger partial charge < -0.3 is 9.88 Å². The van der Waals surface area contributed by atoms with Gasteiger partial charge in [0.1, 0.15) is 5.82 Å². The molecule has 0 bridgehead atoms. The van der Waals surface area contributed by atoms with E-state index in [1.54, 1.807) is 4.68 Å². The van der Waals surface area contributed by atoms with E-state index < -0.39 is 0 Å². The minimum absolute atomic E-state index is 0.827. The molecule has 0 aromatic carbocycles. The molecular weight excluding hydrogens is 200 g/mol. The lowest BCUT2D eigenvalue weighted by Crippen LogP contribution is -2.00. The summed E-state index contributed by atoms with van der Waals surface area (Å²) in [5, 5.41) is 7.56. The average molecular weight is 218 g/mol. The number of aromatic nitrogens is 3. The highest BCUT2D eigenvalue weighted by Crippen LogP contribution is 2.07. The van der Waals surface area contributed by atoms with Gasteiger partial charge in [-0.1, -0.05) is 6.92 Å². The van der Waals surface area contributed by atoms with Crippen LogP contribution in [0.2, 0.25) is 0 Å². The second-order valence-corrected chi connectivity index (χ2v) is 3.99. The molecular formula is C12H18N4. The zero-order chi connectivity index (χ0) is 11.4. The normalized spacial score (nSPS) is 10.6. The van der Waals surface area contributed by atoms with Crippen molar-refractivity contribution in [3.8, 4) is 0 Å². The Morgan fingerprint density at radius 1 is 1.31 bits per heavy atom. The van der Waals surface area contributed by atoms with E-state index >= 15 is 0 Å². The highest BCUT2D eigenvalue weighted by molar-refractivity contribution is 5.33. The molecule has 0 aliphatic carbocycles. The first-order valence-corrected chi connectivity index (χ1v) is 5.66. The van der Waals surface area contributed by atoms with E-state index in [9.17, 15) is 0 Å². The Morgan fingerprint density at radius 3 is 2.88 bits per heavy atom. The van der Waals surface area contributed by atoms with Crippen molar-refractivity contribution in [2.24, 2.45) is 7.05 Å². The zero-order valence-corrected chi connectivity index (χ0v) is 9.85. The van der Waals surface area contributed by atoms with Crippen LogP contribution in [0.5, 0.6) is 0 Å². The van der Waals surface area contributed by atoms with E-state index in [0.29, 0.717) is 0 Å². The fourth-order valence-electron chi connectivity index (χ4n) is 1.69. The van der Waals surface area contributed by atoms with Crippen LogP contribution in [0, 0.1) is 0 Å². The van der Waals surface area contributed by atoms with Gasteiger partial charge in [0.15, 0.2) is 0 Å². The van der Waals surface area contributed by atoms with Crippen molar-refractivity contribution in [1.29, 1.82) is 0 Å². The largest absolute Gasteiger partial charge is 0.364 e. The lowest BCUT2D eigenvalue weighted by molar-refractivity contribution is 0.681. The van der Waals surface area contributed by atoms with E-state index in [1.807, 2.05) is 19.3 Å². The summed E-state index contributed by atoms with van der Waals surface area (Å²) in [7, 11) is 1.92. The summed E-state index contributed by atoms with van der Waals surface area (Å²) in [6, 6.07) is 4.12. The van der Waals surface area contributed by atoms with Crippen LogP contribution in [0.3, 0.4) is 0 Å². The lowest BCUT2D eigenvalue weighted by atomic mass is 10.3. The highest BCUT2D eigenvalue weighted by Gasteiger charge is 1.98. The number of hydrogen-bond donors (Lipinski definition) is 1. The van der Waals surface area contributed by atoms with Crippen LogP contribution in [0.1, 0.15) is 18.9 Å². The van der Waals surface area contributed by atoms with Crippen LogP contribution in [0.4, 0.5) is 5.82 Å². The van der Waals surface area contributed by atoms with E-state index in [4.69, 9.17) is 0 Å². The summed E-state index contributed by atoms with van der Waals surface area (Å²) in [6.07, 6.45) is 7.41. The number of rotatable bonds is 5. The van der Waals surface area contributed by atoms with Crippen LogP contribution in [0.15, 0.2) is 30.7 Å². The van der Waals surface area contributed by atoms with Gasteiger partial charge in [0.05, 0.1) is 0 Å². The predicted molar refractivity (Wildman–Crippen MR) is 65.3 cm³/mol. The van der Waals surface area contributed by atoms with Gasteiger partial charge in [-0.15, -0.1) is 0 Å². The molecule has 0 saturated heterocycles. The molecule has 4 heteroatoms. The molecule has 2 aromatic heterocycles. The molecule has 2 aromatic rings. The Bertz CT molecular complexity index is 441. The summed E-state index contributed by atoms with van der Waals surface area (Å²) < 4.78 is 4.01. The number of nitrogens with zero attached hydrogens (tertiary/aromatic N) is 3. The first-order chi connectivity index (χ1) is 7.78. The average Bonchev–Trinajstić information content (AvgIpc) is 2.85. The lowest BCUT2D eigenvalue weighted by Gasteiger charge is -2.00. The van der Waals surface area contributed by atoms with Crippen LogP contribution >= 0.6 is 0 Å². The molecule has 0 aliphatic heterocycles. The monoisotopic (exact) mass is 218 g/mol. The molecule has 0 amide bonds. The third-order valence-corrected chi connectivity index (χ3v) is 2.48. The van der Waals surface area contributed by atoms with Crippen LogP contribution < -0.4 is 5.32 Å². The van der Waals surface area contributed by atoms with Gasteiger partial charge in [-0.2, -0.15) is 5.10 Å². The number of hydrogen-bond acceptors (Lipinski definition) is 2. The fourth-order valence-corrected chi connectivity index (χ4v) is 1.69. The molecule has 2 rings (SSSR count). The highest BCUT2D eigenvalue weighted by atomic mass is 15.3. The third-order valence-electron chi connectivity index (χ3n) is 2.48. The maximum atomic E-state index is 4.27. The second kappa shape index (κ2) is 4.88. The Labute approximate surface area is 95.9 Å². The maximum absolute atomic E-state index is 4.27. The SMILES string of the molecule is CCCn1ccc(CNc2ccn(C)n2)c1. The van der Waals surface area contributed by atoms with Gasteiger partial charge in [-0.25, -0.2) is 0 Å². The molecule has 4 nitrogen and oxygen atoms in total. The van der Waals surface area contributed by atoms with E-state index in [1.165, 1.54) is 12.0 Å². The van der Waals surface area contributed by atoms with Crippen LogP contribution in [-0.4, -0.2) is 14.3 Å². The Hall–Kier alpha value is -1.71. The predicted octanol–water partition coefficient (Wildman–Crippen LogP) is 2.24. The molecule has 1 N–H and O–H groups in total. The minimum Gasteiger partial charge on any atom is -0.364 e. The molecule has 0 aliphatic rings. The topological polar surface area (TPSA) is 34.8 Å². The maximum Gasteiger partial charge on any atom is 0.148 e. The standard InChI is InChI=1S/C12H18N4/c1-3-6-16-8-4-11(10-16)9-13-12-5-7-15(2)14-12/h4-5,7-8,10H,3,6,9H2,1-2H3,(H,13,14). The van der Waals surface area contributed by atoms with E-state index in [0.717, 1.165) is 18.9 Å². The van der Waals surface area contributed by atoms with Crippen molar-refractivity contribution < 1.29 is 0 Å². The molecule has 16 heavy (non-hydrogen) atoms. The van der Waals surface area contributed by atoms with Crippen molar-refractivity contribution in [2.45, 2.75) is 26.4 Å². The van der Waals surface area contributed by atoms with Gasteiger partial charge >= 0.3 is 0 Å². The van der Waals surface area contributed by atoms with Gasteiger partial charge in [0.2, 0.25) is 0 Å². The fraction of sp³-hybridized carbons (Fsp3) is 0.417. The summed E-state index contributed by atoms with van der Waals surface area (Å²) in [5.41, 5.74) is 1.29. The van der Waals surface area contributed by atoms with Gasteiger partial charge in [0, 0.05) is 44.8 Å². The molecule has 0 saturated carbocycles. The minimum atomic E-state index is 0.827. The first-order valence-electron chi connectivity index (χ1n) is 5.66. The molecule has 0 spiro atoms. The molecule has 0 unspecified atom stereocenters. The first kappa shape index (κ1) is 10.8. The molecule has 86 valence electrons. The van der Waals surface area contributed by atoms with Gasteiger partial charge in [-0.05, 0) is 18.1 Å². The second-order valence-electron chi connectivity index (χ2n) is 3.99. The number of anilines is 1. The molecule has 0 fully saturated rings. The third kappa shape index (κ3) is 2.66. The summed E-state index contributed by atoms with van der Waals surface area (Å²) >= 11 is 0. The van der Waals surface area contributed by atoms with Crippen molar-refractivity contribution in [3.63, 3.8) is 0 Å². The molecule has 0 atom stereocenters. The van der Waals surface area contributed by atoms with E-state index in [2.05, 4.69) is 40.4 Å². The Morgan fingerprint density at radius 2 is 2.19 bits per heavy atom. The van der Waals surface area contributed by atoms with Gasteiger partial charge in [-0.3, -0.25) is 4.68 Å². The van der Waals surface area contributed by atoms with Crippen molar-refractivity contribution in [1.82, 2.24) is 14.3 Å². The van der Waals surface area contributed by atoms with Crippen molar-refractivity contribution >= 4 is 5.82 Å². The Balaban J connectivity index is 1.89. The zero-order valence-electron chi connectivity index (χ0n) is 9.85. The van der Waals surface area contributed by atoms with E-state index in [-0.39, 0.29) is 0 Å². The number of nitrogens with one attached hydrogen (secondary N) is 1. The molecule has 0 radical (unpaired) electrons. The van der Waals surface area contributed by atoms with Gasteiger partial charge in [0.25, 0.3) is 0 Å². The quantitative estimate of drug-likeness (QED) is 0.835. The summed E-state index contributed by atoms with van der Waals surface area (Å²) in [4.78, 5) is 0. The smallest absolute Gasteiger partial charge is 0.148 e. The van der Waals surface area contributed by atoms with Crippen molar-refractivity contribution in [2.75, 3.05) is 5.32 Å². The Kier molecular flexibility index (Phi) is 3.29. The van der Waals surface area contributed by atoms with Crippen LogP contribution in [0.25, 0.3) is 0 Å². The van der Waals surface area contributed by atoms with Crippen LogP contribution in [-0.2, 0) is 20.1 Å².